The minimum atomic E-state index is 0. The molecule has 0 aromatic heterocycles. The van der Waals surface area contributed by atoms with Crippen LogP contribution in [0.3, 0.4) is 0 Å². The molecule has 2 fully saturated rings. The SMILES string of the molecule is Cl.NC[C@@H]1C[C@H]2CC[C@@H]1O2. The van der Waals surface area contributed by atoms with Crippen LogP contribution in [-0.2, 0) is 4.74 Å². The van der Waals surface area contributed by atoms with Gasteiger partial charge in [0.1, 0.15) is 0 Å². The molecule has 0 aliphatic carbocycles. The van der Waals surface area contributed by atoms with E-state index in [2.05, 4.69) is 0 Å². The highest BCUT2D eigenvalue weighted by molar-refractivity contribution is 5.85. The van der Waals surface area contributed by atoms with Crippen molar-refractivity contribution in [3.63, 3.8) is 0 Å². The van der Waals surface area contributed by atoms with Gasteiger partial charge in [0.15, 0.2) is 0 Å². The predicted molar refractivity (Wildman–Crippen MR) is 42.3 cm³/mol. The highest BCUT2D eigenvalue weighted by Gasteiger charge is 2.39. The van der Waals surface area contributed by atoms with Gasteiger partial charge in [-0.1, -0.05) is 0 Å². The van der Waals surface area contributed by atoms with Crippen LogP contribution in [0.25, 0.3) is 0 Å². The van der Waals surface area contributed by atoms with Crippen LogP contribution in [0.1, 0.15) is 19.3 Å². The number of halogens is 1. The number of nitrogens with two attached hydrogens (primary N) is 1. The maximum atomic E-state index is 5.60. The molecule has 0 amide bonds. The monoisotopic (exact) mass is 163 g/mol. The Morgan fingerprint density at radius 2 is 2.20 bits per heavy atom. The second-order valence-electron chi connectivity index (χ2n) is 3.11. The van der Waals surface area contributed by atoms with E-state index in [0.29, 0.717) is 18.1 Å². The van der Waals surface area contributed by atoms with E-state index in [1.807, 2.05) is 0 Å². The van der Waals surface area contributed by atoms with Crippen molar-refractivity contribution in [2.24, 2.45) is 11.7 Å². The normalized spacial score (nSPS) is 43.5. The number of hydrogen-bond acceptors (Lipinski definition) is 2. The Balaban J connectivity index is 0.000000500. The molecule has 0 radical (unpaired) electrons. The summed E-state index contributed by atoms with van der Waals surface area (Å²) < 4.78 is 5.60. The zero-order chi connectivity index (χ0) is 6.27. The molecular weight excluding hydrogens is 150 g/mol. The molecule has 2 aliphatic rings. The molecule has 3 heteroatoms. The van der Waals surface area contributed by atoms with E-state index >= 15 is 0 Å². The van der Waals surface area contributed by atoms with Crippen LogP contribution >= 0.6 is 12.4 Å². The highest BCUT2D eigenvalue weighted by Crippen LogP contribution is 2.37. The van der Waals surface area contributed by atoms with Gasteiger partial charge in [0, 0.05) is 0 Å². The summed E-state index contributed by atoms with van der Waals surface area (Å²) in [5.74, 6) is 0.684. The molecule has 2 heterocycles. The molecule has 0 aromatic rings. The van der Waals surface area contributed by atoms with Crippen molar-refractivity contribution in [2.75, 3.05) is 6.54 Å². The Morgan fingerprint density at radius 1 is 1.40 bits per heavy atom. The molecule has 0 aromatic carbocycles. The minimum absolute atomic E-state index is 0. The van der Waals surface area contributed by atoms with Gasteiger partial charge in [0.2, 0.25) is 0 Å². The zero-order valence-electron chi connectivity index (χ0n) is 5.95. The smallest absolute Gasteiger partial charge is 0.0621 e. The third kappa shape index (κ3) is 1.16. The van der Waals surface area contributed by atoms with Crippen molar-refractivity contribution in [1.82, 2.24) is 0 Å². The van der Waals surface area contributed by atoms with Crippen molar-refractivity contribution >= 4 is 12.4 Å². The molecule has 2 bridgehead atoms. The fourth-order valence-electron chi connectivity index (χ4n) is 1.99. The first-order valence-electron chi connectivity index (χ1n) is 3.75. The Bertz CT molecular complexity index is 120. The third-order valence-electron chi connectivity index (χ3n) is 2.53. The molecule has 2 N–H and O–H groups in total. The molecule has 60 valence electrons. The van der Waals surface area contributed by atoms with Crippen molar-refractivity contribution in [2.45, 2.75) is 31.5 Å². The number of ether oxygens (including phenoxy) is 1. The highest BCUT2D eigenvalue weighted by atomic mass is 35.5. The number of rotatable bonds is 1. The topological polar surface area (TPSA) is 35.2 Å². The quantitative estimate of drug-likeness (QED) is 0.625. The lowest BCUT2D eigenvalue weighted by atomic mass is 9.89. The van der Waals surface area contributed by atoms with E-state index < -0.39 is 0 Å². The minimum Gasteiger partial charge on any atom is -0.375 e. The van der Waals surface area contributed by atoms with Crippen molar-refractivity contribution < 1.29 is 4.74 Å². The van der Waals surface area contributed by atoms with Crippen molar-refractivity contribution in [3.8, 4) is 0 Å². The zero-order valence-corrected chi connectivity index (χ0v) is 6.77. The molecule has 0 unspecified atom stereocenters. The standard InChI is InChI=1S/C7H13NO.ClH/c8-4-5-3-6-1-2-7(5)9-6;/h5-7H,1-4,8H2;1H/t5-,6+,7-;/m0./s1. The summed E-state index contributed by atoms with van der Waals surface area (Å²) in [6, 6.07) is 0. The summed E-state index contributed by atoms with van der Waals surface area (Å²) in [7, 11) is 0. The van der Waals surface area contributed by atoms with Crippen LogP contribution in [0, 0.1) is 5.92 Å². The Labute approximate surface area is 67.5 Å². The van der Waals surface area contributed by atoms with Gasteiger partial charge in [-0.25, -0.2) is 0 Å². The van der Waals surface area contributed by atoms with Gasteiger partial charge in [-0.3, -0.25) is 0 Å². The molecule has 2 rings (SSSR count). The lowest BCUT2D eigenvalue weighted by molar-refractivity contribution is 0.0936. The van der Waals surface area contributed by atoms with Gasteiger partial charge in [-0.05, 0) is 31.7 Å². The van der Waals surface area contributed by atoms with Crippen LogP contribution in [0.5, 0.6) is 0 Å². The maximum absolute atomic E-state index is 5.60. The first kappa shape index (κ1) is 8.31. The Kier molecular flexibility index (Phi) is 2.55. The molecule has 0 saturated carbocycles. The molecule has 2 nitrogen and oxygen atoms in total. The molecular formula is C7H14ClNO. The lowest BCUT2D eigenvalue weighted by Gasteiger charge is -2.14. The van der Waals surface area contributed by atoms with E-state index in [1.54, 1.807) is 0 Å². The van der Waals surface area contributed by atoms with Gasteiger partial charge in [0.25, 0.3) is 0 Å². The van der Waals surface area contributed by atoms with Gasteiger partial charge in [-0.15, -0.1) is 12.4 Å². The third-order valence-corrected chi connectivity index (χ3v) is 2.53. The average Bonchev–Trinajstić information content (AvgIpc) is 2.45. The van der Waals surface area contributed by atoms with Crippen LogP contribution < -0.4 is 5.73 Å². The fraction of sp³-hybridized carbons (Fsp3) is 1.00. The lowest BCUT2D eigenvalue weighted by Crippen LogP contribution is -2.24. The van der Waals surface area contributed by atoms with Crippen molar-refractivity contribution in [1.29, 1.82) is 0 Å². The molecule has 3 atom stereocenters. The maximum Gasteiger partial charge on any atom is 0.0621 e. The van der Waals surface area contributed by atoms with E-state index in [1.165, 1.54) is 19.3 Å². The summed E-state index contributed by atoms with van der Waals surface area (Å²) in [4.78, 5) is 0. The molecule has 0 spiro atoms. The van der Waals surface area contributed by atoms with Gasteiger partial charge in [0.05, 0.1) is 12.2 Å². The second kappa shape index (κ2) is 3.07. The average molecular weight is 164 g/mol. The number of hydrogen-bond donors (Lipinski definition) is 1. The Hall–Kier alpha value is 0.210. The number of fused-ring (bicyclic) bond motifs is 2. The van der Waals surface area contributed by atoms with Crippen LogP contribution in [0.4, 0.5) is 0 Å². The fourth-order valence-corrected chi connectivity index (χ4v) is 1.99. The van der Waals surface area contributed by atoms with E-state index in [0.717, 1.165) is 6.54 Å². The summed E-state index contributed by atoms with van der Waals surface area (Å²) in [6.45, 7) is 0.821. The Morgan fingerprint density at radius 3 is 2.50 bits per heavy atom. The van der Waals surface area contributed by atoms with E-state index in [4.69, 9.17) is 10.5 Å². The van der Waals surface area contributed by atoms with Crippen molar-refractivity contribution in [3.05, 3.63) is 0 Å². The molecule has 10 heavy (non-hydrogen) atoms. The van der Waals surface area contributed by atoms with Gasteiger partial charge >= 0.3 is 0 Å². The largest absolute Gasteiger partial charge is 0.375 e. The van der Waals surface area contributed by atoms with E-state index in [-0.39, 0.29) is 12.4 Å². The predicted octanol–water partition coefficient (Wildman–Crippen LogP) is 0.934. The first-order valence-corrected chi connectivity index (χ1v) is 3.75. The summed E-state index contributed by atoms with van der Waals surface area (Å²) in [5.41, 5.74) is 5.54. The van der Waals surface area contributed by atoms with Crippen LogP contribution in [-0.4, -0.2) is 18.8 Å². The first-order chi connectivity index (χ1) is 4.40. The molecule has 2 aliphatic heterocycles. The van der Waals surface area contributed by atoms with Gasteiger partial charge in [-0.2, -0.15) is 0 Å². The van der Waals surface area contributed by atoms with E-state index in [9.17, 15) is 0 Å². The summed E-state index contributed by atoms with van der Waals surface area (Å²) in [6.07, 6.45) is 4.86. The second-order valence-corrected chi connectivity index (χ2v) is 3.11. The van der Waals surface area contributed by atoms with Crippen LogP contribution in [0.15, 0.2) is 0 Å². The van der Waals surface area contributed by atoms with Crippen LogP contribution in [0.2, 0.25) is 0 Å². The summed E-state index contributed by atoms with van der Waals surface area (Å²) >= 11 is 0. The molecule has 2 saturated heterocycles. The van der Waals surface area contributed by atoms with Gasteiger partial charge < -0.3 is 10.5 Å². The summed E-state index contributed by atoms with van der Waals surface area (Å²) in [5, 5.41) is 0.